The van der Waals surface area contributed by atoms with Crippen LogP contribution in [0.15, 0.2) is 36.7 Å². The van der Waals surface area contributed by atoms with Gasteiger partial charge in [0.15, 0.2) is 0 Å². The summed E-state index contributed by atoms with van der Waals surface area (Å²) in [6.07, 6.45) is 4.60. The van der Waals surface area contributed by atoms with Crippen LogP contribution in [-0.2, 0) is 26.4 Å². The van der Waals surface area contributed by atoms with Gasteiger partial charge in [0.2, 0.25) is 0 Å². The summed E-state index contributed by atoms with van der Waals surface area (Å²) in [6, 6.07) is 7.36. The first-order chi connectivity index (χ1) is 14.0. The standard InChI is InChI=1S/C21H23N5O2S/c1-14-5-6-19(29-14)21(28)26-11-8-18-16(13-26)17(24-25(18)2)7-10-23-20(27)15-4-3-9-22-12-15/h3-6,9,12H,7-8,10-11,13H2,1-2H3,(H,23,27). The first kappa shape index (κ1) is 19.3. The highest BCUT2D eigenvalue weighted by Crippen LogP contribution is 2.25. The number of rotatable bonds is 5. The first-order valence-electron chi connectivity index (χ1n) is 9.60. The van der Waals surface area contributed by atoms with Crippen LogP contribution < -0.4 is 5.32 Å². The van der Waals surface area contributed by atoms with Crippen LogP contribution in [0.1, 0.15) is 41.9 Å². The number of amides is 2. The Morgan fingerprint density at radius 1 is 1.28 bits per heavy atom. The zero-order valence-electron chi connectivity index (χ0n) is 16.5. The number of nitrogens with zero attached hydrogens (tertiary/aromatic N) is 4. The predicted octanol–water partition coefficient (Wildman–Crippen LogP) is 2.36. The number of carbonyl (C=O) groups excluding carboxylic acids is 2. The van der Waals surface area contributed by atoms with Crippen molar-refractivity contribution >= 4 is 23.2 Å². The van der Waals surface area contributed by atoms with Crippen LogP contribution >= 0.6 is 11.3 Å². The van der Waals surface area contributed by atoms with Crippen LogP contribution in [0.2, 0.25) is 0 Å². The van der Waals surface area contributed by atoms with Gasteiger partial charge in [-0.1, -0.05) is 0 Å². The minimum atomic E-state index is -0.146. The SMILES string of the molecule is Cc1ccc(C(=O)N2CCc3c(c(CCNC(=O)c4cccnc4)nn3C)C2)s1. The van der Waals surface area contributed by atoms with Gasteiger partial charge >= 0.3 is 0 Å². The van der Waals surface area contributed by atoms with E-state index in [0.717, 1.165) is 27.4 Å². The Labute approximate surface area is 173 Å². The average molecular weight is 410 g/mol. The number of fused-ring (bicyclic) bond motifs is 1. The lowest BCUT2D eigenvalue weighted by Crippen LogP contribution is -2.36. The summed E-state index contributed by atoms with van der Waals surface area (Å²) in [7, 11) is 1.94. The van der Waals surface area contributed by atoms with E-state index in [4.69, 9.17) is 0 Å². The fraction of sp³-hybridized carbons (Fsp3) is 0.333. The Hall–Kier alpha value is -3.00. The second kappa shape index (κ2) is 8.16. The van der Waals surface area contributed by atoms with Crippen molar-refractivity contribution in [3.8, 4) is 0 Å². The minimum Gasteiger partial charge on any atom is -0.352 e. The van der Waals surface area contributed by atoms with Crippen molar-refractivity contribution in [1.29, 1.82) is 0 Å². The number of carbonyl (C=O) groups is 2. The third-order valence-electron chi connectivity index (χ3n) is 5.13. The minimum absolute atomic E-state index is 0.0773. The molecule has 0 radical (unpaired) electrons. The average Bonchev–Trinajstić information content (AvgIpc) is 3.31. The van der Waals surface area contributed by atoms with Crippen LogP contribution in [0.3, 0.4) is 0 Å². The number of nitrogens with one attached hydrogen (secondary N) is 1. The second-order valence-electron chi connectivity index (χ2n) is 7.13. The third kappa shape index (κ3) is 4.07. The maximum Gasteiger partial charge on any atom is 0.264 e. The van der Waals surface area contributed by atoms with Gasteiger partial charge < -0.3 is 10.2 Å². The fourth-order valence-electron chi connectivity index (χ4n) is 3.64. The zero-order chi connectivity index (χ0) is 20.4. The van der Waals surface area contributed by atoms with Gasteiger partial charge in [0.25, 0.3) is 11.8 Å². The van der Waals surface area contributed by atoms with Crippen molar-refractivity contribution in [3.05, 3.63) is 68.9 Å². The normalized spacial score (nSPS) is 13.2. The molecule has 3 aromatic rings. The molecule has 0 atom stereocenters. The van der Waals surface area contributed by atoms with E-state index in [1.54, 1.807) is 24.5 Å². The van der Waals surface area contributed by atoms with E-state index in [-0.39, 0.29) is 11.8 Å². The Kier molecular flexibility index (Phi) is 5.44. The first-order valence-corrected chi connectivity index (χ1v) is 10.4. The van der Waals surface area contributed by atoms with Crippen molar-refractivity contribution < 1.29 is 9.59 Å². The number of pyridine rings is 1. The van der Waals surface area contributed by atoms with Crippen molar-refractivity contribution in [2.45, 2.75) is 26.3 Å². The van der Waals surface area contributed by atoms with E-state index in [9.17, 15) is 9.59 Å². The van der Waals surface area contributed by atoms with E-state index >= 15 is 0 Å². The smallest absolute Gasteiger partial charge is 0.264 e. The van der Waals surface area contributed by atoms with Crippen molar-refractivity contribution in [1.82, 2.24) is 25.0 Å². The summed E-state index contributed by atoms with van der Waals surface area (Å²) >= 11 is 1.53. The number of aromatic nitrogens is 3. The molecule has 7 nitrogen and oxygen atoms in total. The molecule has 1 aliphatic heterocycles. The predicted molar refractivity (Wildman–Crippen MR) is 111 cm³/mol. The summed E-state index contributed by atoms with van der Waals surface area (Å²) in [6.45, 7) is 3.74. The lowest BCUT2D eigenvalue weighted by molar-refractivity contribution is 0.0738. The zero-order valence-corrected chi connectivity index (χ0v) is 17.3. The molecule has 1 aliphatic rings. The molecular weight excluding hydrogens is 386 g/mol. The summed E-state index contributed by atoms with van der Waals surface area (Å²) in [4.78, 5) is 32.8. The number of thiophene rings is 1. The van der Waals surface area contributed by atoms with Crippen molar-refractivity contribution in [2.75, 3.05) is 13.1 Å². The van der Waals surface area contributed by atoms with Crippen LogP contribution in [0, 0.1) is 6.92 Å². The molecule has 0 aromatic carbocycles. The summed E-state index contributed by atoms with van der Waals surface area (Å²) < 4.78 is 1.91. The molecule has 0 saturated heterocycles. The molecule has 150 valence electrons. The molecule has 0 unspecified atom stereocenters. The number of hydrogen-bond donors (Lipinski definition) is 1. The monoisotopic (exact) mass is 409 g/mol. The highest BCUT2D eigenvalue weighted by Gasteiger charge is 2.27. The third-order valence-corrected chi connectivity index (χ3v) is 6.12. The van der Waals surface area contributed by atoms with Gasteiger partial charge in [0.1, 0.15) is 0 Å². The highest BCUT2D eigenvalue weighted by molar-refractivity contribution is 7.13. The second-order valence-corrected chi connectivity index (χ2v) is 8.42. The van der Waals surface area contributed by atoms with E-state index in [1.807, 2.05) is 35.7 Å². The van der Waals surface area contributed by atoms with E-state index in [1.165, 1.54) is 17.0 Å². The molecule has 0 saturated carbocycles. The van der Waals surface area contributed by atoms with Gasteiger partial charge in [0.05, 0.1) is 16.1 Å². The number of hydrogen-bond acceptors (Lipinski definition) is 5. The Bertz CT molecular complexity index is 1040. The molecule has 29 heavy (non-hydrogen) atoms. The van der Waals surface area contributed by atoms with Crippen LogP contribution in [0.25, 0.3) is 0 Å². The molecule has 4 rings (SSSR count). The molecule has 8 heteroatoms. The summed E-state index contributed by atoms with van der Waals surface area (Å²) in [5.74, 6) is -0.0683. The quantitative estimate of drug-likeness (QED) is 0.702. The van der Waals surface area contributed by atoms with Crippen LogP contribution in [-0.4, -0.2) is 44.6 Å². The Morgan fingerprint density at radius 2 is 2.14 bits per heavy atom. The largest absolute Gasteiger partial charge is 0.352 e. The van der Waals surface area contributed by atoms with Gasteiger partial charge in [-0.05, 0) is 31.2 Å². The molecule has 0 bridgehead atoms. The molecule has 0 aliphatic carbocycles. The molecule has 0 fully saturated rings. The van der Waals surface area contributed by atoms with Crippen molar-refractivity contribution in [2.24, 2.45) is 7.05 Å². The van der Waals surface area contributed by atoms with E-state index in [2.05, 4.69) is 15.4 Å². The Balaban J connectivity index is 1.43. The van der Waals surface area contributed by atoms with E-state index in [0.29, 0.717) is 31.6 Å². The van der Waals surface area contributed by atoms with E-state index < -0.39 is 0 Å². The highest BCUT2D eigenvalue weighted by atomic mass is 32.1. The van der Waals surface area contributed by atoms with Gasteiger partial charge in [-0.15, -0.1) is 11.3 Å². The molecule has 2 amide bonds. The van der Waals surface area contributed by atoms with Gasteiger partial charge in [-0.2, -0.15) is 5.10 Å². The molecule has 3 aromatic heterocycles. The summed E-state index contributed by atoms with van der Waals surface area (Å²) in [5, 5.41) is 7.57. The molecule has 1 N–H and O–H groups in total. The molecular formula is C21H23N5O2S. The lowest BCUT2D eigenvalue weighted by atomic mass is 10.0. The van der Waals surface area contributed by atoms with Crippen LogP contribution in [0.4, 0.5) is 0 Å². The van der Waals surface area contributed by atoms with Gasteiger partial charge in [-0.3, -0.25) is 19.3 Å². The summed E-state index contributed by atoms with van der Waals surface area (Å²) in [5.41, 5.74) is 3.76. The number of aryl methyl sites for hydroxylation is 2. The van der Waals surface area contributed by atoms with Gasteiger partial charge in [0, 0.05) is 68.1 Å². The van der Waals surface area contributed by atoms with Crippen LogP contribution in [0.5, 0.6) is 0 Å². The van der Waals surface area contributed by atoms with Gasteiger partial charge in [-0.25, -0.2) is 0 Å². The van der Waals surface area contributed by atoms with Crippen molar-refractivity contribution in [3.63, 3.8) is 0 Å². The lowest BCUT2D eigenvalue weighted by Gasteiger charge is -2.27. The fourth-order valence-corrected chi connectivity index (χ4v) is 4.48. The topological polar surface area (TPSA) is 80.1 Å². The molecule has 0 spiro atoms. The maximum atomic E-state index is 12.8. The molecule has 4 heterocycles. The Morgan fingerprint density at radius 3 is 2.86 bits per heavy atom. The maximum absolute atomic E-state index is 12.8.